The Labute approximate surface area is 489 Å². The molecule has 1 unspecified atom stereocenters. The van der Waals surface area contributed by atoms with E-state index in [1.165, 1.54) is 193 Å². The lowest BCUT2D eigenvalue weighted by Crippen LogP contribution is -2.30. The molecule has 0 heterocycles. The third kappa shape index (κ3) is 65.0. The molecular weight excluding hydrogens is 973 g/mol. The van der Waals surface area contributed by atoms with Crippen LogP contribution < -0.4 is 0 Å². The fourth-order valence-electron chi connectivity index (χ4n) is 9.52. The van der Waals surface area contributed by atoms with Crippen molar-refractivity contribution in [3.05, 3.63) is 97.2 Å². The summed E-state index contributed by atoms with van der Waals surface area (Å²) in [5, 5.41) is 0. The van der Waals surface area contributed by atoms with E-state index in [-0.39, 0.29) is 37.5 Å². The average molecular weight is 1100 g/mol. The maximum Gasteiger partial charge on any atom is 0.306 e. The summed E-state index contributed by atoms with van der Waals surface area (Å²) in [6.45, 7) is 6.46. The summed E-state index contributed by atoms with van der Waals surface area (Å²) >= 11 is 0. The van der Waals surface area contributed by atoms with Gasteiger partial charge in [-0.3, -0.25) is 14.4 Å². The molecule has 0 bridgehead atoms. The number of esters is 3. The van der Waals surface area contributed by atoms with Crippen LogP contribution in [0.4, 0.5) is 0 Å². The smallest absolute Gasteiger partial charge is 0.306 e. The molecular formula is C73H126O6. The van der Waals surface area contributed by atoms with Crippen molar-refractivity contribution >= 4 is 17.9 Å². The standard InChI is InChI=1S/C73H126O6/c1-4-7-10-13-16-19-22-25-27-28-29-30-31-32-33-34-35-36-37-38-39-40-41-42-43-44-46-48-51-54-57-60-63-66-72(75)78-69-70(68-77-71(74)65-62-59-56-53-50-47-24-21-18-15-12-9-6-3)79-73(76)67-64-61-58-55-52-49-45-26-23-20-17-14-11-8-5-2/h9,12,18,21-22,25-26,28-29,31-32,45,47,50,56,59,70H,4-8,10-11,13-17,19-20,23-24,27,30,33-44,46,48-49,51-55,57-58,60-69H2,1-3H3/b12-9-,21-18-,25-22-,29-28-,32-31-,45-26-,50-47-,59-56-. The molecule has 0 spiro atoms. The summed E-state index contributed by atoms with van der Waals surface area (Å²) < 4.78 is 16.8. The Kier molecular flexibility index (Phi) is 63.7. The van der Waals surface area contributed by atoms with Crippen molar-refractivity contribution in [1.82, 2.24) is 0 Å². The minimum atomic E-state index is -0.810. The lowest BCUT2D eigenvalue weighted by Gasteiger charge is -2.18. The number of unbranched alkanes of at least 4 members (excludes halogenated alkanes) is 34. The number of hydrogen-bond acceptors (Lipinski definition) is 6. The van der Waals surface area contributed by atoms with Gasteiger partial charge in [0.05, 0.1) is 0 Å². The van der Waals surface area contributed by atoms with Crippen molar-refractivity contribution in [3.8, 4) is 0 Å². The maximum atomic E-state index is 12.9. The highest BCUT2D eigenvalue weighted by Crippen LogP contribution is 2.17. The summed E-state index contributed by atoms with van der Waals surface area (Å²) in [6.07, 6.45) is 90.3. The number of ether oxygens (including phenoxy) is 3. The molecule has 0 radical (unpaired) electrons. The molecule has 0 aliphatic heterocycles. The fourth-order valence-corrected chi connectivity index (χ4v) is 9.52. The van der Waals surface area contributed by atoms with E-state index in [9.17, 15) is 14.4 Å². The van der Waals surface area contributed by atoms with E-state index in [4.69, 9.17) is 14.2 Å². The monoisotopic (exact) mass is 1100 g/mol. The predicted octanol–water partition coefficient (Wildman–Crippen LogP) is 23.2. The van der Waals surface area contributed by atoms with Crippen LogP contribution in [-0.2, 0) is 28.6 Å². The third-order valence-electron chi connectivity index (χ3n) is 14.6. The summed E-state index contributed by atoms with van der Waals surface area (Å²) in [5.74, 6) is -0.984. The van der Waals surface area contributed by atoms with Crippen LogP contribution in [0.2, 0.25) is 0 Å². The molecule has 1 atom stereocenters. The zero-order chi connectivity index (χ0) is 57.1. The average Bonchev–Trinajstić information content (AvgIpc) is 3.45. The molecule has 0 saturated carbocycles. The zero-order valence-electron chi connectivity index (χ0n) is 52.1. The van der Waals surface area contributed by atoms with Gasteiger partial charge in [-0.25, -0.2) is 0 Å². The van der Waals surface area contributed by atoms with Crippen molar-refractivity contribution in [2.45, 2.75) is 335 Å². The Balaban J connectivity index is 4.18. The van der Waals surface area contributed by atoms with Gasteiger partial charge in [-0.05, 0) is 109 Å². The lowest BCUT2D eigenvalue weighted by molar-refractivity contribution is -0.166. The van der Waals surface area contributed by atoms with Gasteiger partial charge in [0.1, 0.15) is 13.2 Å². The molecule has 454 valence electrons. The highest BCUT2D eigenvalue weighted by molar-refractivity contribution is 5.71. The number of allylic oxidation sites excluding steroid dienone is 16. The Hall–Kier alpha value is -3.67. The van der Waals surface area contributed by atoms with Crippen LogP contribution in [0.15, 0.2) is 97.2 Å². The minimum absolute atomic E-state index is 0.101. The summed E-state index contributed by atoms with van der Waals surface area (Å²) in [4.78, 5) is 38.2. The van der Waals surface area contributed by atoms with E-state index in [0.717, 1.165) is 89.9 Å². The van der Waals surface area contributed by atoms with Crippen LogP contribution in [0.5, 0.6) is 0 Å². The van der Waals surface area contributed by atoms with Crippen LogP contribution in [-0.4, -0.2) is 37.2 Å². The van der Waals surface area contributed by atoms with Crippen molar-refractivity contribution in [2.24, 2.45) is 0 Å². The second kappa shape index (κ2) is 66.8. The van der Waals surface area contributed by atoms with Gasteiger partial charge in [0.15, 0.2) is 6.10 Å². The van der Waals surface area contributed by atoms with E-state index in [2.05, 4.69) is 112 Å². The summed E-state index contributed by atoms with van der Waals surface area (Å²) in [5.41, 5.74) is 0. The molecule has 0 aromatic rings. The van der Waals surface area contributed by atoms with Crippen LogP contribution in [0.3, 0.4) is 0 Å². The van der Waals surface area contributed by atoms with E-state index in [1.807, 2.05) is 6.08 Å². The van der Waals surface area contributed by atoms with Gasteiger partial charge in [0, 0.05) is 19.3 Å². The number of carbonyl (C=O) groups excluding carboxylic acids is 3. The van der Waals surface area contributed by atoms with Crippen molar-refractivity contribution < 1.29 is 28.6 Å². The predicted molar refractivity (Wildman–Crippen MR) is 344 cm³/mol. The number of hydrogen-bond donors (Lipinski definition) is 0. The zero-order valence-corrected chi connectivity index (χ0v) is 52.1. The quantitative estimate of drug-likeness (QED) is 0.0261. The highest BCUT2D eigenvalue weighted by atomic mass is 16.6. The van der Waals surface area contributed by atoms with Gasteiger partial charge >= 0.3 is 17.9 Å². The molecule has 0 aromatic carbocycles. The number of carbonyl (C=O) groups is 3. The fraction of sp³-hybridized carbons (Fsp3) is 0.740. The molecule has 0 aliphatic carbocycles. The Morgan fingerprint density at radius 2 is 0.519 bits per heavy atom. The first-order valence-corrected chi connectivity index (χ1v) is 33.7. The summed E-state index contributed by atoms with van der Waals surface area (Å²) in [7, 11) is 0. The maximum absolute atomic E-state index is 12.9. The molecule has 79 heavy (non-hydrogen) atoms. The molecule has 0 saturated heterocycles. The summed E-state index contributed by atoms with van der Waals surface area (Å²) in [6, 6.07) is 0. The van der Waals surface area contributed by atoms with Gasteiger partial charge in [-0.2, -0.15) is 0 Å². The Bertz CT molecular complexity index is 1540. The first-order chi connectivity index (χ1) is 39.0. The van der Waals surface area contributed by atoms with Gasteiger partial charge < -0.3 is 14.2 Å². The van der Waals surface area contributed by atoms with Crippen LogP contribution in [0.25, 0.3) is 0 Å². The molecule has 6 nitrogen and oxygen atoms in total. The molecule has 0 rings (SSSR count). The molecule has 0 aromatic heterocycles. The molecule has 6 heteroatoms. The first kappa shape index (κ1) is 75.3. The normalized spacial score (nSPS) is 12.7. The molecule has 0 N–H and O–H groups in total. The van der Waals surface area contributed by atoms with E-state index >= 15 is 0 Å². The Morgan fingerprint density at radius 3 is 0.861 bits per heavy atom. The first-order valence-electron chi connectivity index (χ1n) is 33.7. The van der Waals surface area contributed by atoms with Gasteiger partial charge in [-0.15, -0.1) is 0 Å². The molecule has 0 fully saturated rings. The highest BCUT2D eigenvalue weighted by Gasteiger charge is 2.19. The van der Waals surface area contributed by atoms with Gasteiger partial charge in [0.25, 0.3) is 0 Å². The van der Waals surface area contributed by atoms with Crippen LogP contribution in [0.1, 0.15) is 329 Å². The largest absolute Gasteiger partial charge is 0.462 e. The topological polar surface area (TPSA) is 78.9 Å². The third-order valence-corrected chi connectivity index (χ3v) is 14.6. The van der Waals surface area contributed by atoms with Crippen molar-refractivity contribution in [2.75, 3.05) is 13.2 Å². The minimum Gasteiger partial charge on any atom is -0.462 e. The molecule has 0 amide bonds. The van der Waals surface area contributed by atoms with Gasteiger partial charge in [0.2, 0.25) is 0 Å². The number of rotatable bonds is 61. The SMILES string of the molecule is CC/C=C\C/C=C\C/C=C\C/C=C\CCC(=O)OCC(COC(=O)CCCCCCCCCCCCCCCCCCCC/C=C\C/C=C\C/C=C\CCCCCCC)OC(=O)CCCCCCC/C=C\CCCCCCCC. The molecule has 0 aliphatic rings. The lowest BCUT2D eigenvalue weighted by atomic mass is 10.0. The van der Waals surface area contributed by atoms with Gasteiger partial charge in [-0.1, -0.05) is 298 Å². The van der Waals surface area contributed by atoms with Crippen molar-refractivity contribution in [1.29, 1.82) is 0 Å². The van der Waals surface area contributed by atoms with E-state index < -0.39 is 6.10 Å². The van der Waals surface area contributed by atoms with E-state index in [0.29, 0.717) is 19.3 Å². The van der Waals surface area contributed by atoms with Crippen LogP contribution >= 0.6 is 0 Å². The second-order valence-electron chi connectivity index (χ2n) is 22.3. The van der Waals surface area contributed by atoms with Crippen molar-refractivity contribution in [3.63, 3.8) is 0 Å². The van der Waals surface area contributed by atoms with Crippen LogP contribution in [0, 0.1) is 0 Å². The second-order valence-corrected chi connectivity index (χ2v) is 22.3. The van der Waals surface area contributed by atoms with E-state index in [1.54, 1.807) is 0 Å². The Morgan fingerprint density at radius 1 is 0.266 bits per heavy atom.